The van der Waals surface area contributed by atoms with Crippen LogP contribution in [0.4, 0.5) is 0 Å². The van der Waals surface area contributed by atoms with Crippen LogP contribution in [0.15, 0.2) is 223 Å². The molecule has 0 atom stereocenters. The fraction of sp³-hybridized carbons (Fsp3) is 0. The van der Waals surface area contributed by atoms with Crippen LogP contribution in [0.1, 0.15) is 0 Å². The van der Waals surface area contributed by atoms with Gasteiger partial charge < -0.3 is 4.42 Å². The molecule has 1 heteroatoms. The Kier molecular flexibility index (Phi) is 7.89. The average molecular weight is 725 g/mol. The third-order valence-electron chi connectivity index (χ3n) is 11.5. The minimum atomic E-state index is 0.888. The molecule has 0 N–H and O–H groups in total. The molecule has 0 unspecified atom stereocenters. The highest BCUT2D eigenvalue weighted by molar-refractivity contribution is 6.22. The second-order valence-corrected chi connectivity index (χ2v) is 14.8. The summed E-state index contributed by atoms with van der Waals surface area (Å²) >= 11 is 0. The van der Waals surface area contributed by atoms with Gasteiger partial charge in [0.1, 0.15) is 11.2 Å². The molecule has 0 amide bonds. The predicted molar refractivity (Wildman–Crippen MR) is 241 cm³/mol. The lowest BCUT2D eigenvalue weighted by atomic mass is 9.86. The Balaban J connectivity index is 1.05. The van der Waals surface area contributed by atoms with Gasteiger partial charge in [-0.2, -0.15) is 0 Å². The van der Waals surface area contributed by atoms with Gasteiger partial charge in [-0.05, 0) is 125 Å². The fourth-order valence-corrected chi connectivity index (χ4v) is 8.80. The van der Waals surface area contributed by atoms with Crippen LogP contribution < -0.4 is 0 Å². The van der Waals surface area contributed by atoms with Crippen LogP contribution in [-0.2, 0) is 0 Å². The Morgan fingerprint density at radius 1 is 0.211 bits per heavy atom. The maximum atomic E-state index is 6.49. The molecule has 266 valence electrons. The van der Waals surface area contributed by atoms with Crippen molar-refractivity contribution >= 4 is 43.5 Å². The van der Waals surface area contributed by atoms with Crippen LogP contribution in [0.2, 0.25) is 0 Å². The lowest BCUT2D eigenvalue weighted by Gasteiger charge is -2.17. The van der Waals surface area contributed by atoms with Gasteiger partial charge in [0, 0.05) is 10.8 Å². The molecule has 11 aromatic rings. The van der Waals surface area contributed by atoms with E-state index >= 15 is 0 Å². The van der Waals surface area contributed by atoms with E-state index in [0.717, 1.165) is 27.5 Å². The zero-order chi connectivity index (χ0) is 37.7. The highest BCUT2D eigenvalue weighted by Gasteiger charge is 2.18. The number of rotatable bonds is 6. The first-order chi connectivity index (χ1) is 28.3. The number of benzene rings is 10. The third-order valence-corrected chi connectivity index (χ3v) is 11.5. The lowest BCUT2D eigenvalue weighted by Crippen LogP contribution is -1.90. The Hall–Kier alpha value is -7.48. The van der Waals surface area contributed by atoms with Gasteiger partial charge in [-0.15, -0.1) is 0 Å². The molecule has 0 fully saturated rings. The van der Waals surface area contributed by atoms with Crippen molar-refractivity contribution in [1.29, 1.82) is 0 Å². The van der Waals surface area contributed by atoms with Crippen LogP contribution in [-0.4, -0.2) is 0 Å². The molecule has 0 aliphatic carbocycles. The molecular weight excluding hydrogens is 689 g/mol. The van der Waals surface area contributed by atoms with Crippen LogP contribution in [0.25, 0.3) is 110 Å². The average Bonchev–Trinajstić information content (AvgIpc) is 3.66. The highest BCUT2D eigenvalue weighted by atomic mass is 16.3. The number of furan rings is 1. The van der Waals surface area contributed by atoms with Gasteiger partial charge >= 0.3 is 0 Å². The molecule has 0 bridgehead atoms. The molecule has 0 aliphatic heterocycles. The van der Waals surface area contributed by atoms with E-state index in [1.165, 1.54) is 82.7 Å². The van der Waals surface area contributed by atoms with E-state index in [9.17, 15) is 0 Å². The maximum absolute atomic E-state index is 6.49. The van der Waals surface area contributed by atoms with Crippen molar-refractivity contribution in [3.8, 4) is 66.8 Å². The normalized spacial score (nSPS) is 11.5. The summed E-state index contributed by atoms with van der Waals surface area (Å²) in [5, 5.41) is 7.21. The molecule has 0 saturated heterocycles. The van der Waals surface area contributed by atoms with Gasteiger partial charge in [0.2, 0.25) is 0 Å². The van der Waals surface area contributed by atoms with Crippen molar-refractivity contribution in [2.45, 2.75) is 0 Å². The second-order valence-electron chi connectivity index (χ2n) is 14.8. The molecule has 0 aliphatic rings. The van der Waals surface area contributed by atoms with Crippen LogP contribution in [0.3, 0.4) is 0 Å². The molecule has 1 nitrogen and oxygen atoms in total. The monoisotopic (exact) mass is 724 g/mol. The quantitative estimate of drug-likeness (QED) is 0.156. The highest BCUT2D eigenvalue weighted by Crippen LogP contribution is 2.45. The van der Waals surface area contributed by atoms with E-state index in [4.69, 9.17) is 4.42 Å². The Morgan fingerprint density at radius 3 is 1.25 bits per heavy atom. The Bertz CT molecular complexity index is 3210. The van der Waals surface area contributed by atoms with Crippen molar-refractivity contribution in [1.82, 2.24) is 0 Å². The molecule has 11 rings (SSSR count). The minimum absolute atomic E-state index is 0.888. The Labute approximate surface area is 331 Å². The van der Waals surface area contributed by atoms with E-state index in [-0.39, 0.29) is 0 Å². The van der Waals surface area contributed by atoms with Gasteiger partial charge in [0.25, 0.3) is 0 Å². The summed E-state index contributed by atoms with van der Waals surface area (Å²) in [6.07, 6.45) is 0. The summed E-state index contributed by atoms with van der Waals surface area (Å²) in [7, 11) is 0. The molecule has 0 saturated carbocycles. The van der Waals surface area contributed by atoms with Crippen molar-refractivity contribution in [2.75, 3.05) is 0 Å². The number of hydrogen-bond acceptors (Lipinski definition) is 1. The van der Waals surface area contributed by atoms with Gasteiger partial charge in [0.15, 0.2) is 0 Å². The van der Waals surface area contributed by atoms with E-state index in [1.807, 2.05) is 0 Å². The molecule has 0 radical (unpaired) electrons. The van der Waals surface area contributed by atoms with Crippen LogP contribution >= 0.6 is 0 Å². The molecule has 1 aromatic heterocycles. The lowest BCUT2D eigenvalue weighted by molar-refractivity contribution is 0.669. The van der Waals surface area contributed by atoms with E-state index in [1.54, 1.807) is 0 Å². The molecule has 0 spiro atoms. The molecule has 57 heavy (non-hydrogen) atoms. The minimum Gasteiger partial charge on any atom is -0.456 e. The third kappa shape index (κ3) is 5.72. The Morgan fingerprint density at radius 2 is 0.632 bits per heavy atom. The fourth-order valence-electron chi connectivity index (χ4n) is 8.80. The first kappa shape index (κ1) is 32.9. The first-order valence-electron chi connectivity index (χ1n) is 19.6. The van der Waals surface area contributed by atoms with E-state index in [2.05, 4.69) is 218 Å². The first-order valence-corrected chi connectivity index (χ1v) is 19.6. The number of hydrogen-bond donors (Lipinski definition) is 0. The molecule has 1 heterocycles. The summed E-state index contributed by atoms with van der Waals surface area (Å²) in [4.78, 5) is 0. The van der Waals surface area contributed by atoms with Crippen molar-refractivity contribution < 1.29 is 4.42 Å². The number of fused-ring (bicyclic) bond motifs is 5. The maximum Gasteiger partial charge on any atom is 0.135 e. The van der Waals surface area contributed by atoms with Gasteiger partial charge in [0.05, 0.1) is 0 Å². The summed E-state index contributed by atoms with van der Waals surface area (Å²) in [5.74, 6) is 0. The van der Waals surface area contributed by atoms with Crippen LogP contribution in [0.5, 0.6) is 0 Å². The topological polar surface area (TPSA) is 13.1 Å². The molecular formula is C56H36O. The standard InChI is InChI=1S/C56H36O/c1-4-15-37(16-5-1)41-27-30-45(50(34-41)38-17-6-2-7-18-38)43-22-14-21-40(33-43)42-28-31-53-51(35-42)52-36-44(29-32-54(52)57-53)56-48-25-12-10-23-46(48)55(39-19-8-3-9-20-39)47-24-11-13-26-49(47)56/h1-36H. The molecule has 10 aromatic carbocycles. The van der Waals surface area contributed by atoms with Crippen molar-refractivity contribution in [3.63, 3.8) is 0 Å². The zero-order valence-electron chi connectivity index (χ0n) is 31.2. The van der Waals surface area contributed by atoms with E-state index < -0.39 is 0 Å². The smallest absolute Gasteiger partial charge is 0.135 e. The summed E-state index contributed by atoms with van der Waals surface area (Å²) < 4.78 is 6.49. The second kappa shape index (κ2) is 13.7. The zero-order valence-corrected chi connectivity index (χ0v) is 31.2. The predicted octanol–water partition coefficient (Wildman–Crippen LogP) is 15.9. The summed E-state index contributed by atoms with van der Waals surface area (Å²) in [6, 6.07) is 78.9. The van der Waals surface area contributed by atoms with Gasteiger partial charge in [-0.25, -0.2) is 0 Å². The van der Waals surface area contributed by atoms with Crippen LogP contribution in [0, 0.1) is 0 Å². The largest absolute Gasteiger partial charge is 0.456 e. The summed E-state index contributed by atoms with van der Waals surface area (Å²) in [6.45, 7) is 0. The van der Waals surface area contributed by atoms with E-state index in [0.29, 0.717) is 0 Å². The van der Waals surface area contributed by atoms with Gasteiger partial charge in [-0.1, -0.05) is 182 Å². The summed E-state index contributed by atoms with van der Waals surface area (Å²) in [5.41, 5.74) is 16.3. The van der Waals surface area contributed by atoms with Crippen molar-refractivity contribution in [2.24, 2.45) is 0 Å². The van der Waals surface area contributed by atoms with Gasteiger partial charge in [-0.3, -0.25) is 0 Å². The SMILES string of the molecule is c1ccc(-c2ccc(-c3cccc(-c4ccc5oc6ccc(-c7c8ccccc8c(-c8ccccc8)c8ccccc78)cc6c5c4)c3)c(-c3ccccc3)c2)cc1. The van der Waals surface area contributed by atoms with Crippen molar-refractivity contribution in [3.05, 3.63) is 218 Å².